The third-order valence-corrected chi connectivity index (χ3v) is 6.83. The van der Waals surface area contributed by atoms with Gasteiger partial charge in [0, 0.05) is 16.3 Å². The van der Waals surface area contributed by atoms with E-state index < -0.39 is 24.0 Å². The maximum Gasteiger partial charge on any atom is 0.408 e. The van der Waals surface area contributed by atoms with Crippen LogP contribution in [0.4, 0.5) is 4.79 Å². The maximum atomic E-state index is 12.8. The third-order valence-electron chi connectivity index (χ3n) is 5.85. The van der Waals surface area contributed by atoms with E-state index in [0.29, 0.717) is 21.3 Å². The van der Waals surface area contributed by atoms with Gasteiger partial charge in [0.25, 0.3) is 0 Å². The lowest BCUT2D eigenvalue weighted by Gasteiger charge is -2.20. The Morgan fingerprint density at radius 3 is 2.39 bits per heavy atom. The van der Waals surface area contributed by atoms with Crippen molar-refractivity contribution < 1.29 is 23.9 Å². The van der Waals surface area contributed by atoms with Gasteiger partial charge in [-0.05, 0) is 58.8 Å². The fraction of sp³-hybridized carbons (Fsp3) is 0.286. The number of benzene rings is 2. The molecule has 10 heteroatoms. The first kappa shape index (κ1) is 28.9. The van der Waals surface area contributed by atoms with Crippen LogP contribution in [0.3, 0.4) is 0 Å². The minimum atomic E-state index is -0.610. The topological polar surface area (TPSA) is 112 Å². The number of rotatable bonds is 10. The van der Waals surface area contributed by atoms with Crippen LogP contribution in [0.15, 0.2) is 70.3 Å². The molecule has 0 radical (unpaired) electrons. The second-order valence-electron chi connectivity index (χ2n) is 8.71. The Kier molecular flexibility index (Phi) is 10.5. The summed E-state index contributed by atoms with van der Waals surface area (Å²) in [6.45, 7) is 4.16. The zero-order valence-electron chi connectivity index (χ0n) is 21.7. The van der Waals surface area contributed by atoms with E-state index in [9.17, 15) is 14.4 Å². The molecule has 38 heavy (non-hydrogen) atoms. The van der Waals surface area contributed by atoms with Gasteiger partial charge in [0.2, 0.25) is 5.91 Å². The van der Waals surface area contributed by atoms with Crippen LogP contribution < -0.4 is 10.6 Å². The van der Waals surface area contributed by atoms with Crippen LogP contribution in [-0.2, 0) is 34.5 Å². The molecular weight excluding hydrogens is 599 g/mol. The molecule has 2 atom stereocenters. The van der Waals surface area contributed by atoms with E-state index in [4.69, 9.17) is 9.47 Å². The molecule has 0 aliphatic carbocycles. The molecule has 0 aliphatic rings. The number of hydrogen-bond acceptors (Lipinski definition) is 6. The minimum absolute atomic E-state index is 0.118. The Morgan fingerprint density at radius 1 is 1.11 bits per heavy atom. The Balaban J connectivity index is 1.74. The van der Waals surface area contributed by atoms with Gasteiger partial charge in [-0.25, -0.2) is 9.59 Å². The molecule has 0 spiro atoms. The summed E-state index contributed by atoms with van der Waals surface area (Å²) in [4.78, 5) is 37.3. The van der Waals surface area contributed by atoms with Crippen LogP contribution >= 0.6 is 22.6 Å². The zero-order valence-corrected chi connectivity index (χ0v) is 23.9. The molecule has 0 saturated heterocycles. The fourth-order valence-electron chi connectivity index (χ4n) is 3.59. The lowest BCUT2D eigenvalue weighted by molar-refractivity contribution is -0.123. The zero-order chi connectivity index (χ0) is 27.7. The minimum Gasteiger partial charge on any atom is -0.465 e. The summed E-state index contributed by atoms with van der Waals surface area (Å²) in [5, 5.41) is 10.1. The van der Waals surface area contributed by atoms with E-state index in [-0.39, 0.29) is 12.5 Å². The molecule has 1 heterocycles. The van der Waals surface area contributed by atoms with Crippen molar-refractivity contribution in [2.45, 2.75) is 33.0 Å². The summed E-state index contributed by atoms with van der Waals surface area (Å²) >= 11 is 2.11. The lowest BCUT2D eigenvalue weighted by Crippen LogP contribution is -2.31. The smallest absolute Gasteiger partial charge is 0.408 e. The van der Waals surface area contributed by atoms with Crippen molar-refractivity contribution in [3.8, 4) is 0 Å². The highest BCUT2D eigenvalue weighted by Crippen LogP contribution is 2.29. The average Bonchev–Trinajstić information content (AvgIpc) is 3.25. The number of halogens is 1. The quantitative estimate of drug-likeness (QED) is 0.247. The average molecular weight is 630 g/mol. The number of aromatic nitrogens is 2. The number of carbonyl (C=O) groups is 3. The van der Waals surface area contributed by atoms with Crippen molar-refractivity contribution in [2.24, 2.45) is 13.0 Å². The van der Waals surface area contributed by atoms with E-state index in [2.05, 4.69) is 38.3 Å². The molecule has 0 saturated carbocycles. The highest BCUT2D eigenvalue weighted by molar-refractivity contribution is 14.1. The Hall–Kier alpha value is -3.67. The van der Waals surface area contributed by atoms with Crippen LogP contribution in [0, 0.1) is 12.8 Å². The standard InChI is InChI=1S/C28H31IN4O5/c1-18(26(34)30-16-23-15-19(2)33(3)32-23)14-24(29)25(21-10-12-22(13-11-21)27(35)37-4)31-28(36)38-17-20-8-6-5-7-9-20/h5-15,18,25H,16-17H2,1-4H3,(H,30,34)(H,31,36)/b24-14-/t18-,25?/m1/s1. The molecule has 9 nitrogen and oxygen atoms in total. The summed E-state index contributed by atoms with van der Waals surface area (Å²) in [5.41, 5.74) is 3.74. The molecule has 3 aromatic rings. The molecule has 0 aliphatic heterocycles. The van der Waals surface area contributed by atoms with Crippen LogP contribution in [0.1, 0.15) is 45.8 Å². The fourth-order valence-corrected chi connectivity index (χ4v) is 4.65. The van der Waals surface area contributed by atoms with Gasteiger partial charge in [-0.2, -0.15) is 5.10 Å². The summed E-state index contributed by atoms with van der Waals surface area (Å²) < 4.78 is 12.7. The van der Waals surface area contributed by atoms with Gasteiger partial charge in [-0.1, -0.05) is 55.5 Å². The molecule has 2 N–H and O–H groups in total. The Morgan fingerprint density at radius 2 is 1.79 bits per heavy atom. The first-order valence-corrected chi connectivity index (χ1v) is 13.1. The summed E-state index contributed by atoms with van der Waals surface area (Å²) in [6.07, 6.45) is 1.18. The number of aryl methyl sites for hydroxylation is 2. The van der Waals surface area contributed by atoms with Gasteiger partial charge in [-0.3, -0.25) is 9.48 Å². The normalized spacial score (nSPS) is 12.8. The number of nitrogens with zero attached hydrogens (tertiary/aromatic N) is 2. The van der Waals surface area contributed by atoms with Crippen LogP contribution in [0.5, 0.6) is 0 Å². The molecule has 1 aromatic heterocycles. The second-order valence-corrected chi connectivity index (χ2v) is 9.96. The number of esters is 1. The lowest BCUT2D eigenvalue weighted by atomic mass is 10.0. The summed E-state index contributed by atoms with van der Waals surface area (Å²) in [7, 11) is 3.17. The van der Waals surface area contributed by atoms with Gasteiger partial charge in [0.05, 0.1) is 36.9 Å². The van der Waals surface area contributed by atoms with Gasteiger partial charge in [-0.15, -0.1) is 0 Å². The van der Waals surface area contributed by atoms with Crippen molar-refractivity contribution in [3.05, 3.63) is 98.4 Å². The van der Waals surface area contributed by atoms with Crippen molar-refractivity contribution >= 4 is 40.6 Å². The molecule has 200 valence electrons. The number of methoxy groups -OCH3 is 1. The molecule has 1 unspecified atom stereocenters. The van der Waals surface area contributed by atoms with Crippen LogP contribution in [0.2, 0.25) is 0 Å². The largest absolute Gasteiger partial charge is 0.465 e. The monoisotopic (exact) mass is 630 g/mol. The number of carbonyl (C=O) groups excluding carboxylic acids is 3. The van der Waals surface area contributed by atoms with Crippen LogP contribution in [-0.4, -0.2) is 34.9 Å². The van der Waals surface area contributed by atoms with Crippen molar-refractivity contribution in [3.63, 3.8) is 0 Å². The van der Waals surface area contributed by atoms with E-state index in [1.807, 2.05) is 50.4 Å². The number of hydrogen-bond donors (Lipinski definition) is 2. The first-order chi connectivity index (χ1) is 18.2. The highest BCUT2D eigenvalue weighted by Gasteiger charge is 2.22. The summed E-state index contributed by atoms with van der Waals surface area (Å²) in [6, 6.07) is 17.4. The number of amides is 2. The van der Waals surface area contributed by atoms with E-state index >= 15 is 0 Å². The molecule has 0 fully saturated rings. The number of nitrogens with one attached hydrogen (secondary N) is 2. The van der Waals surface area contributed by atoms with Gasteiger partial charge < -0.3 is 20.1 Å². The highest BCUT2D eigenvalue weighted by atomic mass is 127. The molecule has 3 rings (SSSR count). The van der Waals surface area contributed by atoms with Gasteiger partial charge >= 0.3 is 12.1 Å². The molecular formula is C28H31IN4O5. The third kappa shape index (κ3) is 8.17. The Bertz CT molecular complexity index is 1270. The van der Waals surface area contributed by atoms with E-state index in [1.165, 1.54) is 7.11 Å². The van der Waals surface area contributed by atoms with Gasteiger partial charge in [0.1, 0.15) is 6.61 Å². The van der Waals surface area contributed by atoms with Crippen molar-refractivity contribution in [2.75, 3.05) is 7.11 Å². The van der Waals surface area contributed by atoms with E-state index in [1.54, 1.807) is 41.9 Å². The predicted molar refractivity (Wildman–Crippen MR) is 151 cm³/mol. The number of alkyl carbamates (subject to hydrolysis) is 1. The number of ether oxygens (including phenoxy) is 2. The van der Waals surface area contributed by atoms with E-state index in [0.717, 1.165) is 17.0 Å². The first-order valence-electron chi connectivity index (χ1n) is 12.0. The predicted octanol–water partition coefficient (Wildman–Crippen LogP) is 4.75. The summed E-state index contributed by atoms with van der Waals surface area (Å²) in [5.74, 6) is -1.11. The SMILES string of the molecule is COC(=O)c1ccc(C(NC(=O)OCc2ccccc2)/C(I)=C/[C@@H](C)C(=O)NCc2cc(C)n(C)n2)cc1. The van der Waals surface area contributed by atoms with Crippen molar-refractivity contribution in [1.29, 1.82) is 0 Å². The second kappa shape index (κ2) is 13.8. The molecule has 2 aromatic carbocycles. The molecule has 2 amide bonds. The molecule has 0 bridgehead atoms. The van der Waals surface area contributed by atoms with Crippen LogP contribution in [0.25, 0.3) is 0 Å². The maximum absolute atomic E-state index is 12.8. The van der Waals surface area contributed by atoms with Gasteiger partial charge in [0.15, 0.2) is 0 Å². The Labute approximate surface area is 235 Å². The van der Waals surface area contributed by atoms with Crippen molar-refractivity contribution in [1.82, 2.24) is 20.4 Å².